The number of likely N-dealkylation sites (tertiary alicyclic amines) is 1. The van der Waals surface area contributed by atoms with Gasteiger partial charge in [-0.2, -0.15) is 0 Å². The van der Waals surface area contributed by atoms with E-state index >= 15 is 0 Å². The highest BCUT2D eigenvalue weighted by Gasteiger charge is 2.72. The molecule has 5 aliphatic heterocycles. The number of morpholine rings is 1. The first-order valence-electron chi connectivity index (χ1n) is 17.1. The molecule has 0 bridgehead atoms. The van der Waals surface area contributed by atoms with E-state index in [2.05, 4.69) is 4.90 Å². The molecular weight excluding hydrogens is 612 g/mol. The van der Waals surface area contributed by atoms with E-state index in [4.69, 9.17) is 14.2 Å². The van der Waals surface area contributed by atoms with E-state index in [0.29, 0.717) is 63.9 Å². The van der Waals surface area contributed by atoms with Crippen LogP contribution in [0.25, 0.3) is 0 Å². The average molecular weight is 657 g/mol. The molecule has 0 saturated carbocycles. The summed E-state index contributed by atoms with van der Waals surface area (Å²) in [5, 5.41) is 10.8. The Labute approximate surface area is 281 Å². The molecule has 0 radical (unpaired) electrons. The number of carbonyl (C=O) groups is 3. The molecule has 11 heteroatoms. The molecule has 6 atom stereocenters. The molecule has 3 fully saturated rings. The van der Waals surface area contributed by atoms with Crippen LogP contribution >= 0.6 is 0 Å². The number of fused-ring (bicyclic) bond motifs is 2. The van der Waals surface area contributed by atoms with Crippen molar-refractivity contribution in [2.24, 2.45) is 11.8 Å². The predicted octanol–water partition coefficient (Wildman–Crippen LogP) is 1.90. The van der Waals surface area contributed by atoms with Crippen LogP contribution in [0.5, 0.6) is 5.75 Å². The van der Waals surface area contributed by atoms with Crippen LogP contribution in [0.3, 0.4) is 0 Å². The average Bonchev–Trinajstić information content (AvgIpc) is 3.43. The van der Waals surface area contributed by atoms with Crippen molar-refractivity contribution in [1.82, 2.24) is 14.7 Å². The highest BCUT2D eigenvalue weighted by Crippen LogP contribution is 2.54. The third kappa shape index (κ3) is 5.83. The highest BCUT2D eigenvalue weighted by atomic mass is 16.5. The number of amides is 3. The van der Waals surface area contributed by atoms with E-state index in [-0.39, 0.29) is 24.3 Å². The number of nitrogens with zero attached hydrogens (tertiary/aromatic N) is 4. The molecule has 3 amide bonds. The number of hydrogen-bond acceptors (Lipinski definition) is 8. The summed E-state index contributed by atoms with van der Waals surface area (Å²) in [5.41, 5.74) is 0.251. The summed E-state index contributed by atoms with van der Waals surface area (Å²) in [6.07, 6.45) is 7.20. The minimum absolute atomic E-state index is 0.230. The first-order chi connectivity index (χ1) is 23.4. The zero-order valence-corrected chi connectivity index (χ0v) is 27.4. The molecular formula is C37H44N4O7. The van der Waals surface area contributed by atoms with Crippen molar-refractivity contribution in [3.8, 4) is 5.75 Å². The minimum Gasteiger partial charge on any atom is -0.494 e. The Balaban J connectivity index is 1.25. The standard InChI is InChI=1S/C37H44N4O7/c1-2-47-29-13-11-27(12-14-29)40-17-6-10-30-31(34(40)43)32-35(44)41(28(25-42)24-26-8-4-3-5-9-26)33-36(45)39(16-7-15-37(32,33)48-30)19-18-38-20-22-46-23-21-38/h3-15,28,30-33,42H,2,16-25H2,1H3/t28-,30+,31-,32+,33?,37+/m1/s1. The number of anilines is 1. The molecule has 5 heterocycles. The summed E-state index contributed by atoms with van der Waals surface area (Å²) >= 11 is 0. The molecule has 2 aromatic carbocycles. The van der Waals surface area contributed by atoms with Gasteiger partial charge in [0.2, 0.25) is 17.7 Å². The molecule has 254 valence electrons. The molecule has 0 aromatic heterocycles. The van der Waals surface area contributed by atoms with Gasteiger partial charge in [-0.3, -0.25) is 19.3 Å². The lowest BCUT2D eigenvalue weighted by atomic mass is 9.77. The zero-order valence-electron chi connectivity index (χ0n) is 27.4. The molecule has 7 rings (SSSR count). The minimum atomic E-state index is -1.37. The third-order valence-corrected chi connectivity index (χ3v) is 10.3. The van der Waals surface area contributed by atoms with E-state index in [9.17, 15) is 19.5 Å². The van der Waals surface area contributed by atoms with Crippen molar-refractivity contribution in [3.05, 3.63) is 84.5 Å². The lowest BCUT2D eigenvalue weighted by Gasteiger charge is -2.39. The number of aliphatic hydroxyl groups is 1. The van der Waals surface area contributed by atoms with Gasteiger partial charge in [0, 0.05) is 45.0 Å². The molecule has 1 N–H and O–H groups in total. The Hall–Kier alpha value is -4.03. The predicted molar refractivity (Wildman–Crippen MR) is 178 cm³/mol. The van der Waals surface area contributed by atoms with Crippen molar-refractivity contribution < 1.29 is 33.7 Å². The second kappa shape index (κ2) is 13.8. The third-order valence-electron chi connectivity index (χ3n) is 10.3. The zero-order chi connectivity index (χ0) is 33.3. The summed E-state index contributed by atoms with van der Waals surface area (Å²) < 4.78 is 18.0. The molecule has 2 aromatic rings. The van der Waals surface area contributed by atoms with Crippen LogP contribution < -0.4 is 9.64 Å². The van der Waals surface area contributed by atoms with Crippen molar-refractivity contribution in [2.75, 3.05) is 70.6 Å². The number of carbonyl (C=O) groups excluding carboxylic acids is 3. The summed E-state index contributed by atoms with van der Waals surface area (Å²) in [4.78, 5) is 51.5. The Morgan fingerprint density at radius 3 is 2.44 bits per heavy atom. The Morgan fingerprint density at radius 1 is 0.938 bits per heavy atom. The van der Waals surface area contributed by atoms with Gasteiger partial charge < -0.3 is 34.0 Å². The van der Waals surface area contributed by atoms with Crippen LogP contribution in [0, 0.1) is 11.8 Å². The van der Waals surface area contributed by atoms with Crippen molar-refractivity contribution >= 4 is 23.4 Å². The summed E-state index contributed by atoms with van der Waals surface area (Å²) in [7, 11) is 0. The monoisotopic (exact) mass is 656 g/mol. The van der Waals surface area contributed by atoms with Gasteiger partial charge in [-0.1, -0.05) is 54.6 Å². The number of rotatable bonds is 10. The van der Waals surface area contributed by atoms with Crippen LogP contribution in [0.1, 0.15) is 12.5 Å². The van der Waals surface area contributed by atoms with Gasteiger partial charge in [0.25, 0.3) is 0 Å². The van der Waals surface area contributed by atoms with Crippen LogP contribution in [0.15, 0.2) is 78.9 Å². The Kier molecular flexibility index (Phi) is 9.37. The molecule has 5 aliphatic rings. The lowest BCUT2D eigenvalue weighted by molar-refractivity contribution is -0.150. The second-order valence-corrected chi connectivity index (χ2v) is 13.1. The number of aliphatic hydroxyl groups excluding tert-OH is 1. The van der Waals surface area contributed by atoms with E-state index in [1.165, 1.54) is 0 Å². The van der Waals surface area contributed by atoms with Gasteiger partial charge in [0.1, 0.15) is 17.4 Å². The van der Waals surface area contributed by atoms with Gasteiger partial charge in [0.05, 0.1) is 50.4 Å². The van der Waals surface area contributed by atoms with E-state index < -0.39 is 35.6 Å². The van der Waals surface area contributed by atoms with Gasteiger partial charge >= 0.3 is 0 Å². The smallest absolute Gasteiger partial charge is 0.249 e. The molecule has 0 aliphatic carbocycles. The van der Waals surface area contributed by atoms with Crippen molar-refractivity contribution in [3.63, 3.8) is 0 Å². The fourth-order valence-corrected chi connectivity index (χ4v) is 8.06. The molecule has 48 heavy (non-hydrogen) atoms. The van der Waals surface area contributed by atoms with Crippen LogP contribution in [0.4, 0.5) is 5.69 Å². The van der Waals surface area contributed by atoms with E-state index in [1.54, 1.807) is 14.7 Å². The fourth-order valence-electron chi connectivity index (χ4n) is 8.06. The first kappa shape index (κ1) is 32.5. The normalized spacial score (nSPS) is 29.4. The van der Waals surface area contributed by atoms with Gasteiger partial charge in [0.15, 0.2) is 0 Å². The largest absolute Gasteiger partial charge is 0.494 e. The molecule has 1 spiro atoms. The van der Waals surface area contributed by atoms with Crippen LogP contribution in [0.2, 0.25) is 0 Å². The molecule has 11 nitrogen and oxygen atoms in total. The highest BCUT2D eigenvalue weighted by molar-refractivity contribution is 6.04. The SMILES string of the molecule is CCOc1ccc(N2CC=C[C@@H]3O[C@]45C=CCN(CCN6CCOCC6)C(=O)C4N([C@@H](CO)Cc4ccccc4)C(=O)[C@@H]5[C@@H]3C2=O)cc1. The van der Waals surface area contributed by atoms with Crippen LogP contribution in [-0.4, -0.2) is 127 Å². The van der Waals surface area contributed by atoms with Gasteiger partial charge in [-0.05, 0) is 43.2 Å². The summed E-state index contributed by atoms with van der Waals surface area (Å²) in [6.45, 7) is 6.86. The lowest BCUT2D eigenvalue weighted by Crippen LogP contribution is -2.59. The Morgan fingerprint density at radius 2 is 1.71 bits per heavy atom. The van der Waals surface area contributed by atoms with Gasteiger partial charge in [-0.25, -0.2) is 0 Å². The number of ether oxygens (including phenoxy) is 3. The molecule has 3 saturated heterocycles. The van der Waals surface area contributed by atoms with Crippen LogP contribution in [-0.2, 0) is 30.3 Å². The number of hydrogen-bond donors (Lipinski definition) is 1. The number of benzene rings is 2. The topological polar surface area (TPSA) is 112 Å². The molecule has 1 unspecified atom stereocenters. The van der Waals surface area contributed by atoms with Crippen molar-refractivity contribution in [2.45, 2.75) is 37.1 Å². The first-order valence-corrected chi connectivity index (χ1v) is 17.1. The quantitative estimate of drug-likeness (QED) is 0.387. The van der Waals surface area contributed by atoms with E-state index in [1.807, 2.05) is 85.8 Å². The maximum Gasteiger partial charge on any atom is 0.249 e. The fraction of sp³-hybridized carbons (Fsp3) is 0.486. The van der Waals surface area contributed by atoms with Gasteiger partial charge in [-0.15, -0.1) is 0 Å². The maximum atomic E-state index is 14.9. The summed E-state index contributed by atoms with van der Waals surface area (Å²) in [6, 6.07) is 15.3. The summed E-state index contributed by atoms with van der Waals surface area (Å²) in [5.74, 6) is -1.90. The Bertz CT molecular complexity index is 1540. The second-order valence-electron chi connectivity index (χ2n) is 13.1. The van der Waals surface area contributed by atoms with Crippen molar-refractivity contribution in [1.29, 1.82) is 0 Å². The van der Waals surface area contributed by atoms with E-state index in [0.717, 1.165) is 18.7 Å². The maximum absolute atomic E-state index is 14.9.